The van der Waals surface area contributed by atoms with Crippen LogP contribution in [0.25, 0.3) is 0 Å². The monoisotopic (exact) mass is 312 g/mol. The molecular formula is C17H32N2O3. The lowest BCUT2D eigenvalue weighted by molar-refractivity contribution is 0.0230. The molecule has 0 aromatic heterocycles. The molecule has 1 aliphatic carbocycles. The van der Waals surface area contributed by atoms with Crippen LogP contribution in [0.4, 0.5) is 4.79 Å². The molecule has 1 saturated heterocycles. The Bertz CT molecular complexity index is 363. The number of amides is 1. The average Bonchev–Trinajstić information content (AvgIpc) is 3.14. The highest BCUT2D eigenvalue weighted by Crippen LogP contribution is 2.28. The van der Waals surface area contributed by atoms with Gasteiger partial charge in [0, 0.05) is 19.1 Å². The van der Waals surface area contributed by atoms with E-state index in [2.05, 4.69) is 12.2 Å². The van der Waals surface area contributed by atoms with Gasteiger partial charge in [0.2, 0.25) is 0 Å². The van der Waals surface area contributed by atoms with Crippen LogP contribution in [-0.4, -0.2) is 54.5 Å². The van der Waals surface area contributed by atoms with E-state index >= 15 is 0 Å². The minimum Gasteiger partial charge on any atom is -0.444 e. The summed E-state index contributed by atoms with van der Waals surface area (Å²) in [5, 5.41) is 3.45. The summed E-state index contributed by atoms with van der Waals surface area (Å²) in [5.74, 6) is 0. The number of carbonyl (C=O) groups excluding carboxylic acids is 1. The average molecular weight is 312 g/mol. The number of rotatable bonds is 7. The largest absolute Gasteiger partial charge is 0.444 e. The lowest BCUT2D eigenvalue weighted by Gasteiger charge is -2.27. The Morgan fingerprint density at radius 3 is 2.55 bits per heavy atom. The SMILES string of the molecule is CC1CCC(CNCCCN(C(=O)OC(C)(C)C)C2CC2)O1. The quantitative estimate of drug-likeness (QED) is 0.734. The van der Waals surface area contributed by atoms with E-state index < -0.39 is 5.60 Å². The van der Waals surface area contributed by atoms with E-state index in [1.165, 1.54) is 6.42 Å². The molecule has 2 fully saturated rings. The van der Waals surface area contributed by atoms with Crippen molar-refractivity contribution in [3.8, 4) is 0 Å². The van der Waals surface area contributed by atoms with Crippen molar-refractivity contribution in [1.82, 2.24) is 10.2 Å². The van der Waals surface area contributed by atoms with Gasteiger partial charge in [0.15, 0.2) is 0 Å². The first-order valence-electron chi connectivity index (χ1n) is 8.71. The fourth-order valence-electron chi connectivity index (χ4n) is 2.80. The molecule has 5 nitrogen and oxygen atoms in total. The zero-order valence-electron chi connectivity index (χ0n) is 14.6. The smallest absolute Gasteiger partial charge is 0.410 e. The first-order chi connectivity index (χ1) is 10.3. The van der Waals surface area contributed by atoms with Gasteiger partial charge in [-0.05, 0) is 66.3 Å². The maximum absolute atomic E-state index is 12.2. The predicted octanol–water partition coefficient (Wildman–Crippen LogP) is 2.93. The van der Waals surface area contributed by atoms with Crippen LogP contribution in [-0.2, 0) is 9.47 Å². The maximum atomic E-state index is 12.2. The van der Waals surface area contributed by atoms with Gasteiger partial charge in [-0.25, -0.2) is 4.79 Å². The Hall–Kier alpha value is -0.810. The molecule has 2 aliphatic rings. The van der Waals surface area contributed by atoms with Gasteiger partial charge in [0.05, 0.1) is 12.2 Å². The molecule has 5 heteroatoms. The van der Waals surface area contributed by atoms with Gasteiger partial charge in [0.25, 0.3) is 0 Å². The molecule has 128 valence electrons. The van der Waals surface area contributed by atoms with E-state index in [0.29, 0.717) is 18.2 Å². The molecular weight excluding hydrogens is 280 g/mol. The van der Waals surface area contributed by atoms with Crippen LogP contribution in [0.3, 0.4) is 0 Å². The molecule has 22 heavy (non-hydrogen) atoms. The summed E-state index contributed by atoms with van der Waals surface area (Å²) < 4.78 is 11.3. The third-order valence-corrected chi connectivity index (χ3v) is 4.06. The Morgan fingerprint density at radius 1 is 1.27 bits per heavy atom. The molecule has 2 unspecified atom stereocenters. The molecule has 0 spiro atoms. The van der Waals surface area contributed by atoms with E-state index in [4.69, 9.17) is 9.47 Å². The first-order valence-corrected chi connectivity index (χ1v) is 8.71. The van der Waals surface area contributed by atoms with E-state index in [1.54, 1.807) is 0 Å². The normalized spacial score (nSPS) is 25.3. The minimum atomic E-state index is -0.418. The van der Waals surface area contributed by atoms with Crippen LogP contribution in [0.5, 0.6) is 0 Å². The lowest BCUT2D eigenvalue weighted by atomic mass is 10.2. The fourth-order valence-corrected chi connectivity index (χ4v) is 2.80. The predicted molar refractivity (Wildman–Crippen MR) is 87.0 cm³/mol. The van der Waals surface area contributed by atoms with E-state index in [1.807, 2.05) is 25.7 Å². The number of hydrogen-bond acceptors (Lipinski definition) is 4. The van der Waals surface area contributed by atoms with E-state index in [0.717, 1.165) is 45.3 Å². The Kier molecular flexibility index (Phi) is 6.09. The summed E-state index contributed by atoms with van der Waals surface area (Å²) in [6.45, 7) is 10.5. The number of ether oxygens (including phenoxy) is 2. The van der Waals surface area contributed by atoms with Crippen molar-refractivity contribution in [3.63, 3.8) is 0 Å². The molecule has 1 N–H and O–H groups in total. The number of carbonyl (C=O) groups is 1. The minimum absolute atomic E-state index is 0.164. The number of nitrogens with one attached hydrogen (secondary N) is 1. The molecule has 1 heterocycles. The Balaban J connectivity index is 1.61. The van der Waals surface area contributed by atoms with E-state index in [-0.39, 0.29) is 6.09 Å². The van der Waals surface area contributed by atoms with Gasteiger partial charge in [-0.2, -0.15) is 0 Å². The topological polar surface area (TPSA) is 50.8 Å². The Morgan fingerprint density at radius 2 is 2.00 bits per heavy atom. The van der Waals surface area contributed by atoms with Gasteiger partial charge < -0.3 is 19.7 Å². The molecule has 1 amide bonds. The molecule has 0 bridgehead atoms. The third kappa shape index (κ3) is 6.13. The van der Waals surface area contributed by atoms with Crippen LogP contribution < -0.4 is 5.32 Å². The molecule has 2 rings (SSSR count). The highest BCUT2D eigenvalue weighted by atomic mass is 16.6. The number of nitrogens with zero attached hydrogens (tertiary/aromatic N) is 1. The molecule has 0 aromatic rings. The highest BCUT2D eigenvalue weighted by molar-refractivity contribution is 5.69. The number of hydrogen-bond donors (Lipinski definition) is 1. The zero-order chi connectivity index (χ0) is 16.2. The van der Waals surface area contributed by atoms with Crippen LogP contribution in [0.15, 0.2) is 0 Å². The van der Waals surface area contributed by atoms with Crippen molar-refractivity contribution < 1.29 is 14.3 Å². The van der Waals surface area contributed by atoms with Gasteiger partial charge in [0.1, 0.15) is 5.60 Å². The van der Waals surface area contributed by atoms with Gasteiger partial charge >= 0.3 is 6.09 Å². The molecule has 1 saturated carbocycles. The zero-order valence-corrected chi connectivity index (χ0v) is 14.6. The second kappa shape index (κ2) is 7.64. The maximum Gasteiger partial charge on any atom is 0.410 e. The van der Waals surface area contributed by atoms with Crippen LogP contribution in [0.1, 0.15) is 59.8 Å². The molecule has 0 radical (unpaired) electrons. The van der Waals surface area contributed by atoms with Crippen molar-refractivity contribution >= 4 is 6.09 Å². The second-order valence-electron chi connectivity index (χ2n) is 7.61. The molecule has 2 atom stereocenters. The van der Waals surface area contributed by atoms with Crippen molar-refractivity contribution in [1.29, 1.82) is 0 Å². The van der Waals surface area contributed by atoms with Crippen LogP contribution >= 0.6 is 0 Å². The summed E-state index contributed by atoms with van der Waals surface area (Å²) in [6, 6.07) is 0.397. The second-order valence-corrected chi connectivity index (χ2v) is 7.61. The van der Waals surface area contributed by atoms with Gasteiger partial charge in [-0.15, -0.1) is 0 Å². The van der Waals surface area contributed by atoms with Crippen LogP contribution in [0, 0.1) is 0 Å². The van der Waals surface area contributed by atoms with Crippen molar-refractivity contribution in [3.05, 3.63) is 0 Å². The Labute approximate surface area is 134 Å². The van der Waals surface area contributed by atoms with Gasteiger partial charge in [-0.1, -0.05) is 0 Å². The highest BCUT2D eigenvalue weighted by Gasteiger charge is 2.34. The lowest BCUT2D eigenvalue weighted by Crippen LogP contribution is -2.39. The fraction of sp³-hybridized carbons (Fsp3) is 0.941. The third-order valence-electron chi connectivity index (χ3n) is 4.06. The standard InChI is InChI=1S/C17H32N2O3/c1-13-6-9-15(21-13)12-18-10-5-11-19(14-7-8-14)16(20)22-17(2,3)4/h13-15,18H,5-12H2,1-4H3. The molecule has 0 aromatic carbocycles. The van der Waals surface area contributed by atoms with Crippen molar-refractivity contribution in [2.75, 3.05) is 19.6 Å². The summed E-state index contributed by atoms with van der Waals surface area (Å²) in [6.07, 6.45) is 6.10. The van der Waals surface area contributed by atoms with Crippen molar-refractivity contribution in [2.24, 2.45) is 0 Å². The summed E-state index contributed by atoms with van der Waals surface area (Å²) in [4.78, 5) is 14.1. The summed E-state index contributed by atoms with van der Waals surface area (Å²) in [5.41, 5.74) is -0.418. The van der Waals surface area contributed by atoms with E-state index in [9.17, 15) is 4.79 Å². The van der Waals surface area contributed by atoms with Gasteiger partial charge in [-0.3, -0.25) is 0 Å². The first kappa shape index (κ1) is 17.5. The van der Waals surface area contributed by atoms with Crippen LogP contribution in [0.2, 0.25) is 0 Å². The van der Waals surface area contributed by atoms with Crippen molar-refractivity contribution in [2.45, 2.75) is 83.6 Å². The summed E-state index contributed by atoms with van der Waals surface area (Å²) >= 11 is 0. The molecule has 1 aliphatic heterocycles. The summed E-state index contributed by atoms with van der Waals surface area (Å²) in [7, 11) is 0.